The molecule has 0 aliphatic heterocycles. The lowest BCUT2D eigenvalue weighted by Gasteiger charge is -2.10. The number of benzene rings is 1. The molecule has 0 saturated carbocycles. The van der Waals surface area contributed by atoms with Gasteiger partial charge >= 0.3 is 0 Å². The lowest BCUT2D eigenvalue weighted by atomic mass is 10.1. The van der Waals surface area contributed by atoms with Crippen LogP contribution in [0, 0.1) is 0 Å². The third kappa shape index (κ3) is 3.85. The molecule has 1 heterocycles. The Balaban J connectivity index is 1.82. The molecule has 0 saturated heterocycles. The van der Waals surface area contributed by atoms with Crippen molar-refractivity contribution in [1.82, 2.24) is 10.5 Å². The van der Waals surface area contributed by atoms with Gasteiger partial charge in [0.05, 0.1) is 18.4 Å². The molecule has 5 nitrogen and oxygen atoms in total. The molecule has 1 aromatic carbocycles. The highest BCUT2D eigenvalue weighted by Gasteiger charge is 2.10. The van der Waals surface area contributed by atoms with E-state index in [1.54, 1.807) is 24.6 Å². The number of ether oxygens (including phenoxy) is 1. The van der Waals surface area contributed by atoms with Crippen LogP contribution in [0.3, 0.4) is 0 Å². The van der Waals surface area contributed by atoms with Crippen LogP contribution in [0.1, 0.15) is 29.3 Å². The van der Waals surface area contributed by atoms with Crippen molar-refractivity contribution in [2.24, 2.45) is 0 Å². The number of hydrogen-bond acceptors (Lipinski definition) is 4. The van der Waals surface area contributed by atoms with Crippen LogP contribution in [0.2, 0.25) is 0 Å². The SMILES string of the molecule is CCOc1ccccc1C(=O)NCCCc1cnoc1. The fourth-order valence-corrected chi connectivity index (χ4v) is 1.88. The van der Waals surface area contributed by atoms with Crippen molar-refractivity contribution in [1.29, 1.82) is 0 Å². The lowest BCUT2D eigenvalue weighted by Crippen LogP contribution is -2.25. The first-order valence-electron chi connectivity index (χ1n) is 6.69. The van der Waals surface area contributed by atoms with Gasteiger partial charge in [-0.3, -0.25) is 4.79 Å². The highest BCUT2D eigenvalue weighted by atomic mass is 16.5. The number of nitrogens with one attached hydrogen (secondary N) is 1. The minimum atomic E-state index is -0.112. The fraction of sp³-hybridized carbons (Fsp3) is 0.333. The third-order valence-corrected chi connectivity index (χ3v) is 2.84. The van der Waals surface area contributed by atoms with Gasteiger partial charge in [0.2, 0.25) is 0 Å². The molecule has 0 fully saturated rings. The van der Waals surface area contributed by atoms with E-state index < -0.39 is 0 Å². The number of rotatable bonds is 7. The normalized spacial score (nSPS) is 10.2. The summed E-state index contributed by atoms with van der Waals surface area (Å²) in [5.41, 5.74) is 1.60. The number of aromatic nitrogens is 1. The minimum Gasteiger partial charge on any atom is -0.493 e. The number of para-hydroxylation sites is 1. The maximum atomic E-state index is 12.1. The number of hydrogen-bond donors (Lipinski definition) is 1. The molecule has 1 aromatic heterocycles. The summed E-state index contributed by atoms with van der Waals surface area (Å²) in [7, 11) is 0. The number of aryl methyl sites for hydroxylation is 1. The first-order valence-corrected chi connectivity index (χ1v) is 6.69. The van der Waals surface area contributed by atoms with Crippen LogP contribution in [-0.4, -0.2) is 24.2 Å². The average Bonchev–Trinajstić information content (AvgIpc) is 2.97. The zero-order chi connectivity index (χ0) is 14.2. The van der Waals surface area contributed by atoms with E-state index in [9.17, 15) is 4.79 Å². The molecule has 2 rings (SSSR count). The van der Waals surface area contributed by atoms with Gasteiger partial charge < -0.3 is 14.6 Å². The van der Waals surface area contributed by atoms with Gasteiger partial charge in [0.25, 0.3) is 5.91 Å². The van der Waals surface area contributed by atoms with E-state index in [1.807, 2.05) is 19.1 Å². The van der Waals surface area contributed by atoms with Crippen LogP contribution in [0.5, 0.6) is 5.75 Å². The topological polar surface area (TPSA) is 64.4 Å². The van der Waals surface area contributed by atoms with Gasteiger partial charge in [-0.05, 0) is 31.9 Å². The maximum absolute atomic E-state index is 12.1. The molecular weight excluding hydrogens is 256 g/mol. The van der Waals surface area contributed by atoms with E-state index in [1.165, 1.54) is 0 Å². The van der Waals surface area contributed by atoms with Crippen molar-refractivity contribution in [3.8, 4) is 5.75 Å². The first-order chi connectivity index (χ1) is 9.81. The maximum Gasteiger partial charge on any atom is 0.255 e. The summed E-state index contributed by atoms with van der Waals surface area (Å²) in [6.45, 7) is 3.04. The summed E-state index contributed by atoms with van der Waals surface area (Å²) in [4.78, 5) is 12.1. The van der Waals surface area contributed by atoms with E-state index >= 15 is 0 Å². The van der Waals surface area contributed by atoms with Gasteiger partial charge in [0, 0.05) is 12.1 Å². The molecule has 5 heteroatoms. The second kappa shape index (κ2) is 7.33. The number of nitrogens with zero attached hydrogens (tertiary/aromatic N) is 1. The minimum absolute atomic E-state index is 0.112. The molecule has 106 valence electrons. The summed E-state index contributed by atoms with van der Waals surface area (Å²) in [5, 5.41) is 6.53. The van der Waals surface area contributed by atoms with Crippen molar-refractivity contribution in [2.45, 2.75) is 19.8 Å². The monoisotopic (exact) mass is 274 g/mol. The predicted molar refractivity (Wildman–Crippen MR) is 74.8 cm³/mol. The van der Waals surface area contributed by atoms with E-state index in [2.05, 4.69) is 10.5 Å². The highest BCUT2D eigenvalue weighted by Crippen LogP contribution is 2.17. The fourth-order valence-electron chi connectivity index (χ4n) is 1.88. The van der Waals surface area contributed by atoms with Gasteiger partial charge in [-0.25, -0.2) is 0 Å². The number of carbonyl (C=O) groups is 1. The smallest absolute Gasteiger partial charge is 0.255 e. The number of amides is 1. The summed E-state index contributed by atoms with van der Waals surface area (Å²) in [6, 6.07) is 7.25. The van der Waals surface area contributed by atoms with Gasteiger partial charge in [0.1, 0.15) is 12.0 Å². The molecular formula is C15H18N2O3. The molecule has 0 atom stereocenters. The van der Waals surface area contributed by atoms with Crippen LogP contribution in [0.25, 0.3) is 0 Å². The van der Waals surface area contributed by atoms with Gasteiger partial charge in [-0.1, -0.05) is 17.3 Å². The Morgan fingerprint density at radius 3 is 3.00 bits per heavy atom. The van der Waals surface area contributed by atoms with E-state index in [-0.39, 0.29) is 5.91 Å². The molecule has 0 aliphatic carbocycles. The first kappa shape index (κ1) is 14.1. The zero-order valence-electron chi connectivity index (χ0n) is 11.5. The Morgan fingerprint density at radius 1 is 1.40 bits per heavy atom. The quantitative estimate of drug-likeness (QED) is 0.788. The molecule has 0 radical (unpaired) electrons. The van der Waals surface area contributed by atoms with Crippen LogP contribution >= 0.6 is 0 Å². The van der Waals surface area contributed by atoms with Crippen LogP contribution in [0.4, 0.5) is 0 Å². The second-order valence-corrected chi connectivity index (χ2v) is 4.32. The van der Waals surface area contributed by atoms with Crippen LogP contribution in [0.15, 0.2) is 41.2 Å². The summed E-state index contributed by atoms with van der Waals surface area (Å²) in [5.74, 6) is 0.505. The van der Waals surface area contributed by atoms with E-state index in [4.69, 9.17) is 9.26 Å². The van der Waals surface area contributed by atoms with Gasteiger partial charge in [-0.15, -0.1) is 0 Å². The molecule has 0 spiro atoms. The average molecular weight is 274 g/mol. The molecule has 0 unspecified atom stereocenters. The standard InChI is InChI=1S/C15H18N2O3/c1-2-19-14-8-4-3-7-13(14)15(18)16-9-5-6-12-10-17-20-11-12/h3-4,7-8,10-11H,2,5-6,9H2,1H3,(H,16,18). The third-order valence-electron chi connectivity index (χ3n) is 2.84. The molecule has 2 aromatic rings. The van der Waals surface area contributed by atoms with E-state index in [0.29, 0.717) is 24.5 Å². The van der Waals surface area contributed by atoms with Gasteiger partial charge in [-0.2, -0.15) is 0 Å². The Bertz CT molecular complexity index is 538. The second-order valence-electron chi connectivity index (χ2n) is 4.32. The van der Waals surface area contributed by atoms with E-state index in [0.717, 1.165) is 18.4 Å². The van der Waals surface area contributed by atoms with Crippen molar-refractivity contribution in [3.05, 3.63) is 47.9 Å². The molecule has 20 heavy (non-hydrogen) atoms. The predicted octanol–water partition coefficient (Wildman–Crippen LogP) is 2.44. The van der Waals surface area contributed by atoms with Crippen molar-refractivity contribution < 1.29 is 14.1 Å². The molecule has 0 bridgehead atoms. The molecule has 0 aliphatic rings. The van der Waals surface area contributed by atoms with Crippen LogP contribution < -0.4 is 10.1 Å². The lowest BCUT2D eigenvalue weighted by molar-refractivity contribution is 0.0949. The number of carbonyl (C=O) groups excluding carboxylic acids is 1. The summed E-state index contributed by atoms with van der Waals surface area (Å²) >= 11 is 0. The Hall–Kier alpha value is -2.30. The Morgan fingerprint density at radius 2 is 2.25 bits per heavy atom. The largest absolute Gasteiger partial charge is 0.493 e. The molecule has 1 amide bonds. The summed E-state index contributed by atoms with van der Waals surface area (Å²) in [6.07, 6.45) is 4.97. The molecule has 1 N–H and O–H groups in total. The van der Waals surface area contributed by atoms with Crippen molar-refractivity contribution in [2.75, 3.05) is 13.2 Å². The zero-order valence-corrected chi connectivity index (χ0v) is 11.5. The Labute approximate surface area is 117 Å². The van der Waals surface area contributed by atoms with Crippen molar-refractivity contribution in [3.63, 3.8) is 0 Å². The highest BCUT2D eigenvalue weighted by molar-refractivity contribution is 5.96. The van der Waals surface area contributed by atoms with Crippen molar-refractivity contribution >= 4 is 5.91 Å². The summed E-state index contributed by atoms with van der Waals surface area (Å²) < 4.78 is 10.2. The van der Waals surface area contributed by atoms with Gasteiger partial charge in [0.15, 0.2) is 0 Å². The van der Waals surface area contributed by atoms with Crippen LogP contribution in [-0.2, 0) is 6.42 Å². The Kier molecular flexibility index (Phi) is 5.17.